The lowest BCUT2D eigenvalue weighted by molar-refractivity contribution is 0.333. The Morgan fingerprint density at radius 2 is 2.07 bits per heavy atom. The topological polar surface area (TPSA) is 29.5 Å². The van der Waals surface area contributed by atoms with Crippen LogP contribution in [-0.2, 0) is 6.42 Å². The van der Waals surface area contributed by atoms with Gasteiger partial charge < -0.3 is 9.84 Å². The van der Waals surface area contributed by atoms with Gasteiger partial charge in [-0.3, -0.25) is 0 Å². The first-order chi connectivity index (χ1) is 6.69. The Balaban J connectivity index is 3.07. The highest BCUT2D eigenvalue weighted by molar-refractivity contribution is 9.10. The first kappa shape index (κ1) is 11.4. The van der Waals surface area contributed by atoms with Crippen molar-refractivity contribution >= 4 is 15.9 Å². The van der Waals surface area contributed by atoms with Gasteiger partial charge in [0.25, 0.3) is 0 Å². The van der Waals surface area contributed by atoms with E-state index in [-0.39, 0.29) is 5.75 Å². The summed E-state index contributed by atoms with van der Waals surface area (Å²) in [5.74, 6) is 1.14. The van der Waals surface area contributed by atoms with E-state index in [9.17, 15) is 5.11 Å². The number of hydrogen-bond acceptors (Lipinski definition) is 2. The third-order valence-corrected chi connectivity index (χ3v) is 2.50. The van der Waals surface area contributed by atoms with Crippen LogP contribution >= 0.6 is 15.9 Å². The third kappa shape index (κ3) is 2.64. The fourth-order valence-corrected chi connectivity index (χ4v) is 2.00. The molecule has 2 nitrogen and oxygen atoms in total. The SMILES string of the molecule is CCCc1cc(O)cc(Br)c1OCC. The molecular weight excluding hydrogens is 244 g/mol. The van der Waals surface area contributed by atoms with E-state index >= 15 is 0 Å². The summed E-state index contributed by atoms with van der Waals surface area (Å²) >= 11 is 3.38. The quantitative estimate of drug-likeness (QED) is 0.896. The first-order valence-electron chi connectivity index (χ1n) is 4.83. The second kappa shape index (κ2) is 5.25. The molecule has 3 heteroatoms. The zero-order valence-corrected chi connectivity index (χ0v) is 10.1. The molecule has 1 rings (SSSR count). The van der Waals surface area contributed by atoms with Crippen LogP contribution in [0.5, 0.6) is 11.5 Å². The summed E-state index contributed by atoms with van der Waals surface area (Å²) in [6.07, 6.45) is 1.96. The van der Waals surface area contributed by atoms with Crippen LogP contribution in [0.3, 0.4) is 0 Å². The smallest absolute Gasteiger partial charge is 0.136 e. The van der Waals surface area contributed by atoms with E-state index in [0.29, 0.717) is 6.61 Å². The Kier molecular flexibility index (Phi) is 4.26. The minimum Gasteiger partial charge on any atom is -0.508 e. The predicted molar refractivity (Wildman–Crippen MR) is 61.0 cm³/mol. The van der Waals surface area contributed by atoms with Crippen molar-refractivity contribution in [2.75, 3.05) is 6.61 Å². The zero-order chi connectivity index (χ0) is 10.6. The van der Waals surface area contributed by atoms with E-state index < -0.39 is 0 Å². The fraction of sp³-hybridized carbons (Fsp3) is 0.455. The molecule has 14 heavy (non-hydrogen) atoms. The van der Waals surface area contributed by atoms with Gasteiger partial charge in [0.1, 0.15) is 11.5 Å². The van der Waals surface area contributed by atoms with E-state index in [2.05, 4.69) is 22.9 Å². The van der Waals surface area contributed by atoms with Crippen molar-refractivity contribution < 1.29 is 9.84 Å². The predicted octanol–water partition coefficient (Wildman–Crippen LogP) is 3.51. The second-order valence-corrected chi connectivity index (χ2v) is 3.95. The molecule has 0 aromatic heterocycles. The highest BCUT2D eigenvalue weighted by atomic mass is 79.9. The molecule has 0 heterocycles. The first-order valence-corrected chi connectivity index (χ1v) is 5.62. The fourth-order valence-electron chi connectivity index (χ4n) is 1.40. The van der Waals surface area contributed by atoms with Crippen LogP contribution in [0.1, 0.15) is 25.8 Å². The van der Waals surface area contributed by atoms with Crippen LogP contribution < -0.4 is 4.74 Å². The highest BCUT2D eigenvalue weighted by Crippen LogP contribution is 2.34. The van der Waals surface area contributed by atoms with Gasteiger partial charge in [-0.05, 0) is 47.0 Å². The van der Waals surface area contributed by atoms with Crippen LogP contribution in [0, 0.1) is 0 Å². The Hall–Kier alpha value is -0.700. The van der Waals surface area contributed by atoms with Gasteiger partial charge in [0.15, 0.2) is 0 Å². The Morgan fingerprint density at radius 3 is 2.64 bits per heavy atom. The minimum absolute atomic E-state index is 0.281. The van der Waals surface area contributed by atoms with Crippen molar-refractivity contribution in [1.29, 1.82) is 0 Å². The molecular formula is C11H15BrO2. The molecule has 0 amide bonds. The molecule has 0 unspecified atom stereocenters. The Morgan fingerprint density at radius 1 is 1.36 bits per heavy atom. The number of aromatic hydroxyl groups is 1. The lowest BCUT2D eigenvalue weighted by Crippen LogP contribution is -1.97. The van der Waals surface area contributed by atoms with Gasteiger partial charge in [0, 0.05) is 0 Å². The van der Waals surface area contributed by atoms with Gasteiger partial charge in [-0.25, -0.2) is 0 Å². The maximum Gasteiger partial charge on any atom is 0.136 e. The van der Waals surface area contributed by atoms with Crippen molar-refractivity contribution in [3.05, 3.63) is 22.2 Å². The molecule has 0 aliphatic carbocycles. The van der Waals surface area contributed by atoms with E-state index in [4.69, 9.17) is 4.74 Å². The van der Waals surface area contributed by atoms with Gasteiger partial charge in [-0.15, -0.1) is 0 Å². The number of ether oxygens (including phenoxy) is 1. The Labute approximate surface area is 93.0 Å². The Bertz CT molecular complexity index is 310. The summed E-state index contributed by atoms with van der Waals surface area (Å²) in [6.45, 7) is 4.70. The van der Waals surface area contributed by atoms with Gasteiger partial charge in [-0.2, -0.15) is 0 Å². The summed E-state index contributed by atoms with van der Waals surface area (Å²) in [5.41, 5.74) is 1.06. The van der Waals surface area contributed by atoms with Crippen molar-refractivity contribution in [3.8, 4) is 11.5 Å². The maximum absolute atomic E-state index is 9.43. The number of aryl methyl sites for hydroxylation is 1. The average molecular weight is 259 g/mol. The molecule has 1 aromatic carbocycles. The van der Waals surface area contributed by atoms with Crippen LogP contribution in [0.2, 0.25) is 0 Å². The van der Waals surface area contributed by atoms with Crippen LogP contribution in [0.4, 0.5) is 0 Å². The summed E-state index contributed by atoms with van der Waals surface area (Å²) in [7, 11) is 0. The molecule has 0 aliphatic heterocycles. The van der Waals surface area contributed by atoms with E-state index in [0.717, 1.165) is 28.6 Å². The molecule has 0 atom stereocenters. The van der Waals surface area contributed by atoms with Crippen molar-refractivity contribution in [1.82, 2.24) is 0 Å². The molecule has 0 spiro atoms. The van der Waals surface area contributed by atoms with Crippen LogP contribution in [0.25, 0.3) is 0 Å². The number of halogens is 1. The highest BCUT2D eigenvalue weighted by Gasteiger charge is 2.09. The largest absolute Gasteiger partial charge is 0.508 e. The third-order valence-electron chi connectivity index (χ3n) is 1.91. The summed E-state index contributed by atoms with van der Waals surface area (Å²) in [6, 6.07) is 3.42. The van der Waals surface area contributed by atoms with E-state index in [1.54, 1.807) is 12.1 Å². The maximum atomic E-state index is 9.43. The normalized spacial score (nSPS) is 10.2. The molecule has 0 saturated heterocycles. The summed E-state index contributed by atoms with van der Waals surface area (Å²) < 4.78 is 6.34. The second-order valence-electron chi connectivity index (χ2n) is 3.10. The van der Waals surface area contributed by atoms with Crippen molar-refractivity contribution in [3.63, 3.8) is 0 Å². The molecule has 0 aliphatic rings. The molecule has 0 fully saturated rings. The summed E-state index contributed by atoms with van der Waals surface area (Å²) in [4.78, 5) is 0. The average Bonchev–Trinajstić information content (AvgIpc) is 2.11. The summed E-state index contributed by atoms with van der Waals surface area (Å²) in [5, 5.41) is 9.43. The van der Waals surface area contributed by atoms with Gasteiger partial charge in [-0.1, -0.05) is 13.3 Å². The molecule has 78 valence electrons. The van der Waals surface area contributed by atoms with Crippen LogP contribution in [0.15, 0.2) is 16.6 Å². The molecule has 0 bridgehead atoms. The zero-order valence-electron chi connectivity index (χ0n) is 8.51. The van der Waals surface area contributed by atoms with Crippen molar-refractivity contribution in [2.24, 2.45) is 0 Å². The number of hydrogen-bond donors (Lipinski definition) is 1. The van der Waals surface area contributed by atoms with Crippen LogP contribution in [-0.4, -0.2) is 11.7 Å². The minimum atomic E-state index is 0.281. The standard InChI is InChI=1S/C11H15BrO2/c1-3-5-8-6-9(13)7-10(12)11(8)14-4-2/h6-7,13H,3-5H2,1-2H3. The number of rotatable bonds is 4. The number of phenolic OH excluding ortho intramolecular Hbond substituents is 1. The lowest BCUT2D eigenvalue weighted by atomic mass is 10.1. The van der Waals surface area contributed by atoms with Gasteiger partial charge in [0.05, 0.1) is 11.1 Å². The van der Waals surface area contributed by atoms with Gasteiger partial charge in [0.2, 0.25) is 0 Å². The van der Waals surface area contributed by atoms with E-state index in [1.807, 2.05) is 6.92 Å². The van der Waals surface area contributed by atoms with Crippen molar-refractivity contribution in [2.45, 2.75) is 26.7 Å². The van der Waals surface area contributed by atoms with E-state index in [1.165, 1.54) is 0 Å². The number of benzene rings is 1. The van der Waals surface area contributed by atoms with Gasteiger partial charge >= 0.3 is 0 Å². The number of phenols is 1. The molecule has 0 radical (unpaired) electrons. The molecule has 1 N–H and O–H groups in total. The molecule has 1 aromatic rings. The molecule has 0 saturated carbocycles. The monoisotopic (exact) mass is 258 g/mol. The lowest BCUT2D eigenvalue weighted by Gasteiger charge is -2.12.